The Morgan fingerprint density at radius 1 is 1.30 bits per heavy atom. The van der Waals surface area contributed by atoms with E-state index in [0.717, 1.165) is 31.9 Å². The minimum atomic E-state index is -2.76. The molecule has 1 aromatic rings. The Labute approximate surface area is 137 Å². The molecule has 0 atom stereocenters. The Kier molecular flexibility index (Phi) is 4.65. The van der Waals surface area contributed by atoms with Crippen molar-refractivity contribution in [2.24, 2.45) is 0 Å². The number of alkyl halides is 2. The number of aromatic nitrogens is 1. The fourth-order valence-electron chi connectivity index (χ4n) is 2.73. The lowest BCUT2D eigenvalue weighted by atomic mass is 10.2. The van der Waals surface area contributed by atoms with Crippen LogP contribution in [0.3, 0.4) is 0 Å². The van der Waals surface area contributed by atoms with Gasteiger partial charge in [-0.3, -0.25) is 10.2 Å². The van der Waals surface area contributed by atoms with Gasteiger partial charge < -0.3 is 10.2 Å². The van der Waals surface area contributed by atoms with Crippen molar-refractivity contribution < 1.29 is 13.6 Å². The molecule has 9 heteroatoms. The van der Waals surface area contributed by atoms with Crippen molar-refractivity contribution in [1.29, 1.82) is 0 Å². The highest BCUT2D eigenvalue weighted by Crippen LogP contribution is 2.26. The third-order valence-corrected chi connectivity index (χ3v) is 4.23. The zero-order valence-corrected chi connectivity index (χ0v) is 13.2. The molecule has 0 aromatic carbocycles. The summed E-state index contributed by atoms with van der Waals surface area (Å²) in [6, 6.07) is 3.31. The van der Waals surface area contributed by atoms with Crippen molar-refractivity contribution in [2.75, 3.05) is 44.2 Å². The van der Waals surface area contributed by atoms with Gasteiger partial charge in [0.1, 0.15) is 5.69 Å². The molecule has 2 fully saturated rings. The van der Waals surface area contributed by atoms with Crippen LogP contribution in [0, 0.1) is 0 Å². The molecule has 2 saturated heterocycles. The van der Waals surface area contributed by atoms with E-state index in [0.29, 0.717) is 0 Å². The number of piperazine rings is 1. The number of hydrogen-bond acceptors (Lipinski definition) is 5. The van der Waals surface area contributed by atoms with Crippen LogP contribution < -0.4 is 15.6 Å². The van der Waals surface area contributed by atoms with Gasteiger partial charge in [-0.15, -0.1) is 0 Å². The summed E-state index contributed by atoms with van der Waals surface area (Å²) in [6.45, 7) is 2.99. The van der Waals surface area contributed by atoms with Crippen LogP contribution in [0.5, 0.6) is 0 Å². The maximum absolute atomic E-state index is 13.1. The zero-order valence-electron chi connectivity index (χ0n) is 12.5. The van der Waals surface area contributed by atoms with Crippen LogP contribution in [-0.4, -0.2) is 61.1 Å². The van der Waals surface area contributed by atoms with E-state index in [2.05, 4.69) is 20.6 Å². The number of carbonyl (C=O) groups excluding carboxylic acids is 1. The third-order valence-electron chi connectivity index (χ3n) is 3.95. The first-order valence-electron chi connectivity index (χ1n) is 7.51. The van der Waals surface area contributed by atoms with Gasteiger partial charge in [0.15, 0.2) is 5.15 Å². The maximum atomic E-state index is 13.1. The van der Waals surface area contributed by atoms with E-state index in [4.69, 9.17) is 11.6 Å². The van der Waals surface area contributed by atoms with E-state index in [9.17, 15) is 13.6 Å². The second kappa shape index (κ2) is 6.54. The Bertz CT molecular complexity index is 595. The van der Waals surface area contributed by atoms with Gasteiger partial charge in [-0.25, -0.2) is 18.8 Å². The predicted octanol–water partition coefficient (Wildman–Crippen LogP) is 1.13. The molecule has 0 unspecified atom stereocenters. The molecule has 1 aromatic heterocycles. The van der Waals surface area contributed by atoms with Crippen LogP contribution in [0.25, 0.3) is 0 Å². The standard InChI is InChI=1S/C14H18ClF2N5O/c15-12-11(21-7-4-18-5-8-21)2-1-10(19-12)13(23)20-22-6-3-14(16,17)9-22/h1-2,18H,3-9H2,(H,20,23). The number of hydrogen-bond donors (Lipinski definition) is 2. The minimum Gasteiger partial charge on any atom is -0.366 e. The van der Waals surface area contributed by atoms with Crippen LogP contribution in [0.2, 0.25) is 5.15 Å². The summed E-state index contributed by atoms with van der Waals surface area (Å²) in [6.07, 6.45) is -0.261. The van der Waals surface area contributed by atoms with Crippen molar-refractivity contribution in [3.05, 3.63) is 23.0 Å². The average molecular weight is 346 g/mol. The van der Waals surface area contributed by atoms with Crippen molar-refractivity contribution >= 4 is 23.2 Å². The zero-order chi connectivity index (χ0) is 16.4. The number of nitrogens with zero attached hydrogens (tertiary/aromatic N) is 3. The largest absolute Gasteiger partial charge is 0.366 e. The predicted molar refractivity (Wildman–Crippen MR) is 82.9 cm³/mol. The van der Waals surface area contributed by atoms with Crippen LogP contribution in [0.1, 0.15) is 16.9 Å². The first-order valence-corrected chi connectivity index (χ1v) is 7.88. The monoisotopic (exact) mass is 345 g/mol. The highest BCUT2D eigenvalue weighted by molar-refractivity contribution is 6.32. The van der Waals surface area contributed by atoms with Crippen LogP contribution >= 0.6 is 11.6 Å². The van der Waals surface area contributed by atoms with Gasteiger partial charge in [0.05, 0.1) is 12.2 Å². The van der Waals surface area contributed by atoms with Crippen molar-refractivity contribution in [2.45, 2.75) is 12.3 Å². The van der Waals surface area contributed by atoms with Gasteiger partial charge in [0.25, 0.3) is 11.8 Å². The first kappa shape index (κ1) is 16.4. The van der Waals surface area contributed by atoms with Gasteiger partial charge >= 0.3 is 0 Å². The van der Waals surface area contributed by atoms with Crippen LogP contribution in [0.4, 0.5) is 14.5 Å². The topological polar surface area (TPSA) is 60.5 Å². The molecule has 0 radical (unpaired) electrons. The SMILES string of the molecule is O=C(NN1CCC(F)(F)C1)c1ccc(N2CCNCC2)c(Cl)n1. The van der Waals surface area contributed by atoms with Crippen molar-refractivity contribution in [1.82, 2.24) is 20.7 Å². The molecule has 2 aliphatic heterocycles. The number of nitrogens with one attached hydrogen (secondary N) is 2. The molecular formula is C14H18ClF2N5O. The number of halogens is 3. The highest BCUT2D eigenvalue weighted by atomic mass is 35.5. The van der Waals surface area contributed by atoms with Gasteiger partial charge in [-0.05, 0) is 12.1 Å². The molecule has 0 saturated carbocycles. The first-order chi connectivity index (χ1) is 10.9. The maximum Gasteiger partial charge on any atom is 0.284 e. The van der Waals surface area contributed by atoms with E-state index in [1.54, 1.807) is 12.1 Å². The molecule has 2 N–H and O–H groups in total. The smallest absolute Gasteiger partial charge is 0.284 e. The van der Waals surface area contributed by atoms with Gasteiger partial charge in [-0.2, -0.15) is 0 Å². The lowest BCUT2D eigenvalue weighted by molar-refractivity contribution is 0.00699. The highest BCUT2D eigenvalue weighted by Gasteiger charge is 2.39. The quantitative estimate of drug-likeness (QED) is 0.804. The lowest BCUT2D eigenvalue weighted by Crippen LogP contribution is -2.44. The molecule has 23 heavy (non-hydrogen) atoms. The minimum absolute atomic E-state index is 0.115. The second-order valence-electron chi connectivity index (χ2n) is 5.71. The van der Waals surface area contributed by atoms with Crippen molar-refractivity contribution in [3.8, 4) is 0 Å². The summed E-state index contributed by atoms with van der Waals surface area (Å²) < 4.78 is 26.3. The molecule has 3 rings (SSSR count). The van der Waals surface area contributed by atoms with E-state index in [1.165, 1.54) is 5.01 Å². The third kappa shape index (κ3) is 3.88. The summed E-state index contributed by atoms with van der Waals surface area (Å²) in [5.41, 5.74) is 3.34. The van der Waals surface area contributed by atoms with Gasteiger partial charge in [0.2, 0.25) is 0 Å². The van der Waals surface area contributed by atoms with E-state index in [1.807, 2.05) is 0 Å². The normalized spacial score (nSPS) is 21.4. The fraction of sp³-hybridized carbons (Fsp3) is 0.571. The number of anilines is 1. The number of carbonyl (C=O) groups is 1. The van der Waals surface area contributed by atoms with Crippen molar-refractivity contribution in [3.63, 3.8) is 0 Å². The molecule has 0 aliphatic carbocycles. The molecular weight excluding hydrogens is 328 g/mol. The molecule has 0 bridgehead atoms. The number of amides is 1. The molecule has 1 amide bonds. The Morgan fingerprint density at radius 3 is 2.65 bits per heavy atom. The molecule has 6 nitrogen and oxygen atoms in total. The van der Waals surface area contributed by atoms with E-state index >= 15 is 0 Å². The van der Waals surface area contributed by atoms with E-state index < -0.39 is 18.4 Å². The van der Waals surface area contributed by atoms with Gasteiger partial charge in [0, 0.05) is 39.1 Å². The molecule has 126 valence electrons. The summed E-state index contributed by atoms with van der Waals surface area (Å²) in [5, 5.41) is 4.70. The van der Waals surface area contributed by atoms with Crippen LogP contribution in [0.15, 0.2) is 12.1 Å². The van der Waals surface area contributed by atoms with E-state index in [-0.39, 0.29) is 23.8 Å². The number of hydrazine groups is 1. The molecule has 2 aliphatic rings. The lowest BCUT2D eigenvalue weighted by Gasteiger charge is -2.29. The average Bonchev–Trinajstić information content (AvgIpc) is 2.86. The Balaban J connectivity index is 1.66. The second-order valence-corrected chi connectivity index (χ2v) is 6.07. The molecule has 0 spiro atoms. The summed E-state index contributed by atoms with van der Waals surface area (Å²) in [7, 11) is 0. The molecule has 3 heterocycles. The summed E-state index contributed by atoms with van der Waals surface area (Å²) in [5.74, 6) is -3.29. The number of rotatable bonds is 3. The van der Waals surface area contributed by atoms with Gasteiger partial charge in [-0.1, -0.05) is 11.6 Å². The Hall–Kier alpha value is -1.51. The summed E-state index contributed by atoms with van der Waals surface area (Å²) >= 11 is 6.18. The Morgan fingerprint density at radius 2 is 2.04 bits per heavy atom. The summed E-state index contributed by atoms with van der Waals surface area (Å²) in [4.78, 5) is 18.3. The fourth-order valence-corrected chi connectivity index (χ4v) is 3.00. The van der Waals surface area contributed by atoms with Crippen LogP contribution in [-0.2, 0) is 0 Å². The number of pyridine rings is 1.